The second kappa shape index (κ2) is 12.8. The van der Waals surface area contributed by atoms with Crippen LogP contribution in [0.4, 0.5) is 19.3 Å². The molecule has 0 atom stereocenters. The molecular formula is C27H31F2N3O5. The number of ether oxygens (including phenoxy) is 2. The van der Waals surface area contributed by atoms with Crippen LogP contribution in [0.2, 0.25) is 0 Å². The molecule has 3 aromatic rings. The van der Waals surface area contributed by atoms with Gasteiger partial charge in [-0.3, -0.25) is 4.79 Å². The van der Waals surface area contributed by atoms with Gasteiger partial charge in [0, 0.05) is 18.7 Å². The lowest BCUT2D eigenvalue weighted by molar-refractivity contribution is -0.133. The summed E-state index contributed by atoms with van der Waals surface area (Å²) in [5.74, 6) is -0.201. The van der Waals surface area contributed by atoms with Crippen LogP contribution in [-0.4, -0.2) is 55.1 Å². The Morgan fingerprint density at radius 2 is 1.78 bits per heavy atom. The van der Waals surface area contributed by atoms with Gasteiger partial charge in [-0.2, -0.15) is 0 Å². The van der Waals surface area contributed by atoms with E-state index in [1.807, 2.05) is 12.1 Å². The van der Waals surface area contributed by atoms with Gasteiger partial charge in [-0.15, -0.1) is 0 Å². The van der Waals surface area contributed by atoms with Crippen LogP contribution >= 0.6 is 0 Å². The first kappa shape index (κ1) is 27.5. The Kier molecular flexibility index (Phi) is 9.48. The molecule has 0 spiro atoms. The molecule has 0 fully saturated rings. The molecule has 8 nitrogen and oxygen atoms in total. The molecule has 3 amide bonds. The number of anilines is 1. The van der Waals surface area contributed by atoms with Gasteiger partial charge in [-0.25, -0.2) is 13.6 Å². The van der Waals surface area contributed by atoms with Crippen molar-refractivity contribution in [2.24, 2.45) is 0 Å². The van der Waals surface area contributed by atoms with Gasteiger partial charge >= 0.3 is 6.03 Å². The van der Waals surface area contributed by atoms with E-state index in [4.69, 9.17) is 13.9 Å². The Balaban J connectivity index is 1.74. The van der Waals surface area contributed by atoms with Gasteiger partial charge in [0.05, 0.1) is 32.7 Å². The van der Waals surface area contributed by atoms with Gasteiger partial charge in [-0.1, -0.05) is 6.07 Å². The molecule has 198 valence electrons. The number of hydrogen-bond acceptors (Lipinski definition) is 5. The van der Waals surface area contributed by atoms with E-state index in [0.717, 1.165) is 17.7 Å². The van der Waals surface area contributed by atoms with Crippen molar-refractivity contribution in [3.8, 4) is 11.5 Å². The molecule has 0 radical (unpaired) electrons. The summed E-state index contributed by atoms with van der Waals surface area (Å²) in [6.45, 7) is 3.79. The minimum absolute atomic E-state index is 0.176. The zero-order chi connectivity index (χ0) is 26.9. The Morgan fingerprint density at radius 1 is 1.03 bits per heavy atom. The molecule has 1 aromatic heterocycles. The van der Waals surface area contributed by atoms with Crippen LogP contribution in [0.5, 0.6) is 11.5 Å². The van der Waals surface area contributed by atoms with E-state index in [9.17, 15) is 18.4 Å². The molecular weight excluding hydrogens is 484 g/mol. The average Bonchev–Trinajstić information content (AvgIpc) is 3.39. The molecule has 1 heterocycles. The summed E-state index contributed by atoms with van der Waals surface area (Å²) in [6.07, 6.45) is 2.04. The van der Waals surface area contributed by atoms with E-state index in [2.05, 4.69) is 5.32 Å². The third-order valence-electron chi connectivity index (χ3n) is 5.76. The van der Waals surface area contributed by atoms with Gasteiger partial charge in [-0.05, 0) is 62.2 Å². The number of urea groups is 1. The molecule has 0 bridgehead atoms. The van der Waals surface area contributed by atoms with Gasteiger partial charge in [0.15, 0.2) is 11.5 Å². The van der Waals surface area contributed by atoms with E-state index in [-0.39, 0.29) is 30.7 Å². The van der Waals surface area contributed by atoms with Crippen LogP contribution in [0.3, 0.4) is 0 Å². The number of nitrogens with one attached hydrogen (secondary N) is 1. The maximum absolute atomic E-state index is 14.1. The number of halogens is 2. The second-order valence-electron chi connectivity index (χ2n) is 8.61. The largest absolute Gasteiger partial charge is 0.493 e. The highest BCUT2D eigenvalue weighted by Crippen LogP contribution is 2.28. The fourth-order valence-electron chi connectivity index (χ4n) is 3.70. The highest BCUT2D eigenvalue weighted by atomic mass is 19.1. The quantitative estimate of drug-likeness (QED) is 0.385. The van der Waals surface area contributed by atoms with Crippen LogP contribution in [0.15, 0.2) is 59.2 Å². The Bertz CT molecular complexity index is 1200. The van der Waals surface area contributed by atoms with Gasteiger partial charge in [0.1, 0.15) is 23.9 Å². The summed E-state index contributed by atoms with van der Waals surface area (Å²) in [5.41, 5.74) is 0.755. The smallest absolute Gasteiger partial charge is 0.322 e. The minimum Gasteiger partial charge on any atom is -0.493 e. The van der Waals surface area contributed by atoms with Crippen molar-refractivity contribution in [3.63, 3.8) is 0 Å². The highest BCUT2D eigenvalue weighted by molar-refractivity contribution is 5.92. The van der Waals surface area contributed by atoms with E-state index in [1.165, 1.54) is 11.2 Å². The first-order chi connectivity index (χ1) is 17.7. The van der Waals surface area contributed by atoms with Crippen LogP contribution in [0.1, 0.15) is 25.2 Å². The molecule has 3 rings (SSSR count). The van der Waals surface area contributed by atoms with Crippen molar-refractivity contribution >= 4 is 17.6 Å². The van der Waals surface area contributed by atoms with Gasteiger partial charge in [0.2, 0.25) is 5.91 Å². The second-order valence-corrected chi connectivity index (χ2v) is 8.61. The van der Waals surface area contributed by atoms with Crippen LogP contribution in [0, 0.1) is 11.6 Å². The SMILES string of the molecule is COc1ccc(CCN(Cc2ccco2)C(=O)CN(C(=O)Nc2ccc(F)cc2F)C(C)C)cc1OC. The number of rotatable bonds is 11. The highest BCUT2D eigenvalue weighted by Gasteiger charge is 2.25. The summed E-state index contributed by atoms with van der Waals surface area (Å²) in [7, 11) is 3.11. The topological polar surface area (TPSA) is 84.2 Å². The third-order valence-corrected chi connectivity index (χ3v) is 5.76. The predicted octanol–water partition coefficient (Wildman–Crippen LogP) is 5.09. The number of benzene rings is 2. The summed E-state index contributed by atoms with van der Waals surface area (Å²) in [5, 5.41) is 2.42. The monoisotopic (exact) mass is 515 g/mol. The zero-order valence-electron chi connectivity index (χ0n) is 21.3. The van der Waals surface area contributed by atoms with E-state index in [1.54, 1.807) is 51.2 Å². The lowest BCUT2D eigenvalue weighted by Gasteiger charge is -2.30. The molecule has 37 heavy (non-hydrogen) atoms. The molecule has 1 N–H and O–H groups in total. The summed E-state index contributed by atoms with van der Waals surface area (Å²) in [6, 6.07) is 10.8. The number of furan rings is 1. The number of hydrogen-bond donors (Lipinski definition) is 1. The number of methoxy groups -OCH3 is 2. The maximum atomic E-state index is 14.1. The molecule has 0 saturated heterocycles. The average molecular weight is 516 g/mol. The maximum Gasteiger partial charge on any atom is 0.322 e. The van der Waals surface area contributed by atoms with Crippen LogP contribution in [0.25, 0.3) is 0 Å². The van der Waals surface area contributed by atoms with E-state index in [0.29, 0.717) is 36.3 Å². The van der Waals surface area contributed by atoms with Crippen molar-refractivity contribution < 1.29 is 32.3 Å². The number of carbonyl (C=O) groups excluding carboxylic acids is 2. The lowest BCUT2D eigenvalue weighted by Crippen LogP contribution is -2.47. The standard InChI is InChI=1S/C27H31F2N3O5/c1-18(2)32(27(34)30-23-9-8-20(28)15-22(23)29)17-26(33)31(16-21-6-5-13-37-21)12-11-19-7-10-24(35-3)25(14-19)36-4/h5-10,13-15,18H,11-12,16-17H2,1-4H3,(H,30,34). The van der Waals surface area contributed by atoms with Crippen molar-refractivity contribution in [1.82, 2.24) is 9.80 Å². The molecule has 0 aliphatic rings. The molecule has 0 aliphatic heterocycles. The zero-order valence-corrected chi connectivity index (χ0v) is 21.3. The Labute approximate surface area is 214 Å². The van der Waals surface area contributed by atoms with Crippen molar-refractivity contribution in [3.05, 3.63) is 77.8 Å². The van der Waals surface area contributed by atoms with Crippen LogP contribution in [-0.2, 0) is 17.8 Å². The number of nitrogens with zero attached hydrogens (tertiary/aromatic N) is 2. The lowest BCUT2D eigenvalue weighted by atomic mass is 10.1. The minimum atomic E-state index is -0.905. The first-order valence-electron chi connectivity index (χ1n) is 11.8. The van der Waals surface area contributed by atoms with E-state index < -0.39 is 17.7 Å². The number of amides is 3. The molecule has 0 aliphatic carbocycles. The normalized spacial score (nSPS) is 10.8. The molecule has 0 unspecified atom stereocenters. The van der Waals surface area contributed by atoms with Crippen LogP contribution < -0.4 is 14.8 Å². The summed E-state index contributed by atoms with van der Waals surface area (Å²) >= 11 is 0. The van der Waals surface area contributed by atoms with Gasteiger partial charge in [0.25, 0.3) is 0 Å². The summed E-state index contributed by atoms with van der Waals surface area (Å²) in [4.78, 5) is 29.2. The van der Waals surface area contributed by atoms with Gasteiger partial charge < -0.3 is 29.0 Å². The third kappa shape index (κ3) is 7.45. The van der Waals surface area contributed by atoms with Crippen molar-refractivity contribution in [1.29, 1.82) is 0 Å². The predicted molar refractivity (Wildman–Crippen MR) is 135 cm³/mol. The molecule has 10 heteroatoms. The fraction of sp³-hybridized carbons (Fsp3) is 0.333. The molecule has 0 saturated carbocycles. The summed E-state index contributed by atoms with van der Waals surface area (Å²) < 4.78 is 43.4. The van der Waals surface area contributed by atoms with Crippen molar-refractivity contribution in [2.75, 3.05) is 32.6 Å². The van der Waals surface area contributed by atoms with Crippen molar-refractivity contribution in [2.45, 2.75) is 32.9 Å². The number of carbonyl (C=O) groups is 2. The molecule has 2 aromatic carbocycles. The Morgan fingerprint density at radius 3 is 2.41 bits per heavy atom. The van der Waals surface area contributed by atoms with E-state index >= 15 is 0 Å². The first-order valence-corrected chi connectivity index (χ1v) is 11.8. The fourth-order valence-corrected chi connectivity index (χ4v) is 3.70. The Hall–Kier alpha value is -4.08.